The highest BCUT2D eigenvalue weighted by Crippen LogP contribution is 2.37. The lowest BCUT2D eigenvalue weighted by Gasteiger charge is -2.18. The number of thioether (sulfide) groups is 1. The number of fused-ring (bicyclic) bond motifs is 1. The Labute approximate surface area is 139 Å². The van der Waals surface area contributed by atoms with Gasteiger partial charge in [0, 0.05) is 16.7 Å². The maximum atomic E-state index is 12.1. The zero-order valence-electron chi connectivity index (χ0n) is 12.6. The van der Waals surface area contributed by atoms with E-state index < -0.39 is 0 Å². The number of aryl methyl sites for hydroxylation is 1. The van der Waals surface area contributed by atoms with Gasteiger partial charge in [0.2, 0.25) is 5.91 Å². The van der Waals surface area contributed by atoms with Crippen LogP contribution in [0.5, 0.6) is 0 Å². The largest absolute Gasteiger partial charge is 0.322 e. The van der Waals surface area contributed by atoms with Crippen molar-refractivity contribution in [3.05, 3.63) is 65.1 Å². The molecule has 0 saturated carbocycles. The van der Waals surface area contributed by atoms with Gasteiger partial charge in [-0.2, -0.15) is 0 Å². The number of rotatable bonds is 3. The maximum absolute atomic E-state index is 12.1. The van der Waals surface area contributed by atoms with Gasteiger partial charge in [0.1, 0.15) is 0 Å². The second-order valence-corrected chi connectivity index (χ2v) is 6.18. The quantitative estimate of drug-likeness (QED) is 0.844. The van der Waals surface area contributed by atoms with Crippen LogP contribution in [0.1, 0.15) is 12.5 Å². The number of para-hydroxylation sites is 1. The SMILES string of the molecule is CCc1ccc(NC(=O)/C=C2\Sc3ccccc3NC2=O)cc1. The van der Waals surface area contributed by atoms with Gasteiger partial charge in [-0.15, -0.1) is 0 Å². The molecule has 1 heterocycles. The van der Waals surface area contributed by atoms with Crippen LogP contribution in [0.15, 0.2) is 64.4 Å². The molecule has 2 aromatic rings. The number of hydrogen-bond acceptors (Lipinski definition) is 3. The average molecular weight is 324 g/mol. The summed E-state index contributed by atoms with van der Waals surface area (Å²) in [6.45, 7) is 2.08. The normalized spacial score (nSPS) is 15.0. The number of carbonyl (C=O) groups is 2. The summed E-state index contributed by atoms with van der Waals surface area (Å²) >= 11 is 1.30. The summed E-state index contributed by atoms with van der Waals surface area (Å²) in [6.07, 6.45) is 2.29. The number of anilines is 2. The van der Waals surface area contributed by atoms with Gasteiger partial charge < -0.3 is 10.6 Å². The molecule has 0 aliphatic carbocycles. The zero-order valence-corrected chi connectivity index (χ0v) is 13.4. The lowest BCUT2D eigenvalue weighted by molar-refractivity contribution is -0.114. The molecule has 0 fully saturated rings. The summed E-state index contributed by atoms with van der Waals surface area (Å²) in [5.74, 6) is -0.573. The van der Waals surface area contributed by atoms with E-state index in [1.807, 2.05) is 48.5 Å². The summed E-state index contributed by atoms with van der Waals surface area (Å²) in [5.41, 5.74) is 2.70. The molecule has 2 aromatic carbocycles. The molecule has 0 spiro atoms. The van der Waals surface area contributed by atoms with Crippen molar-refractivity contribution in [3.63, 3.8) is 0 Å². The topological polar surface area (TPSA) is 58.2 Å². The fraction of sp³-hybridized carbons (Fsp3) is 0.111. The van der Waals surface area contributed by atoms with Gasteiger partial charge in [-0.1, -0.05) is 43.0 Å². The molecule has 0 aromatic heterocycles. The number of benzene rings is 2. The number of nitrogens with one attached hydrogen (secondary N) is 2. The van der Waals surface area contributed by atoms with Crippen molar-refractivity contribution in [1.82, 2.24) is 0 Å². The Morgan fingerprint density at radius 3 is 2.65 bits per heavy atom. The first-order chi connectivity index (χ1) is 11.2. The maximum Gasteiger partial charge on any atom is 0.262 e. The molecule has 1 aliphatic heterocycles. The van der Waals surface area contributed by atoms with Crippen molar-refractivity contribution in [3.8, 4) is 0 Å². The summed E-state index contributed by atoms with van der Waals surface area (Å²) in [5, 5.41) is 5.56. The van der Waals surface area contributed by atoms with Gasteiger partial charge in [-0.3, -0.25) is 9.59 Å². The molecular formula is C18H16N2O2S. The molecule has 23 heavy (non-hydrogen) atoms. The van der Waals surface area contributed by atoms with Crippen LogP contribution >= 0.6 is 11.8 Å². The smallest absolute Gasteiger partial charge is 0.262 e. The van der Waals surface area contributed by atoms with Crippen LogP contribution < -0.4 is 10.6 Å². The number of amides is 2. The molecule has 3 rings (SSSR count). The lowest BCUT2D eigenvalue weighted by atomic mass is 10.1. The van der Waals surface area contributed by atoms with Crippen LogP contribution in [0.3, 0.4) is 0 Å². The summed E-state index contributed by atoms with van der Waals surface area (Å²) in [4.78, 5) is 25.5. The predicted octanol–water partition coefficient (Wildman–Crippen LogP) is 3.82. The van der Waals surface area contributed by atoms with Gasteiger partial charge in [0.05, 0.1) is 10.6 Å². The van der Waals surface area contributed by atoms with E-state index in [9.17, 15) is 9.59 Å². The molecule has 2 amide bonds. The molecule has 0 radical (unpaired) electrons. The monoisotopic (exact) mass is 324 g/mol. The standard InChI is InChI=1S/C18H16N2O2S/c1-2-12-7-9-13(10-8-12)19-17(21)11-16-18(22)20-14-5-3-4-6-15(14)23-16/h3-11H,2H2,1H3,(H,19,21)(H,20,22)/b16-11-. The molecule has 5 heteroatoms. The van der Waals surface area contributed by atoms with E-state index in [1.54, 1.807) is 0 Å². The van der Waals surface area contributed by atoms with Crippen molar-refractivity contribution in [2.75, 3.05) is 10.6 Å². The van der Waals surface area contributed by atoms with Crippen molar-refractivity contribution in [2.24, 2.45) is 0 Å². The van der Waals surface area contributed by atoms with Crippen LogP contribution in [0, 0.1) is 0 Å². The Kier molecular flexibility index (Phi) is 4.48. The molecule has 2 N–H and O–H groups in total. The van der Waals surface area contributed by atoms with Crippen LogP contribution in [0.25, 0.3) is 0 Å². The van der Waals surface area contributed by atoms with E-state index in [0.29, 0.717) is 10.6 Å². The Balaban J connectivity index is 1.73. The van der Waals surface area contributed by atoms with E-state index in [4.69, 9.17) is 0 Å². The molecule has 1 aliphatic rings. The minimum atomic E-state index is -0.314. The van der Waals surface area contributed by atoms with Crippen molar-refractivity contribution in [2.45, 2.75) is 18.2 Å². The molecule has 116 valence electrons. The molecule has 0 saturated heterocycles. The Morgan fingerprint density at radius 2 is 1.91 bits per heavy atom. The van der Waals surface area contributed by atoms with Crippen molar-refractivity contribution < 1.29 is 9.59 Å². The second kappa shape index (κ2) is 6.71. The van der Waals surface area contributed by atoms with Crippen molar-refractivity contribution >= 4 is 35.0 Å². The van der Waals surface area contributed by atoms with Crippen LogP contribution in [0.4, 0.5) is 11.4 Å². The highest BCUT2D eigenvalue weighted by Gasteiger charge is 2.21. The third-order valence-corrected chi connectivity index (χ3v) is 4.57. The highest BCUT2D eigenvalue weighted by atomic mass is 32.2. The fourth-order valence-corrected chi connectivity index (χ4v) is 3.15. The Hall–Kier alpha value is -2.53. The van der Waals surface area contributed by atoms with Crippen LogP contribution in [-0.2, 0) is 16.0 Å². The summed E-state index contributed by atoms with van der Waals surface area (Å²) < 4.78 is 0. The summed E-state index contributed by atoms with van der Waals surface area (Å²) in [7, 11) is 0. The fourth-order valence-electron chi connectivity index (χ4n) is 2.22. The van der Waals surface area contributed by atoms with Gasteiger partial charge in [-0.25, -0.2) is 0 Å². The molecule has 4 nitrogen and oxygen atoms in total. The third-order valence-electron chi connectivity index (χ3n) is 3.47. The molecule has 0 unspecified atom stereocenters. The predicted molar refractivity (Wildman–Crippen MR) is 93.5 cm³/mol. The van der Waals surface area contributed by atoms with E-state index in [1.165, 1.54) is 23.4 Å². The van der Waals surface area contributed by atoms with Crippen LogP contribution in [-0.4, -0.2) is 11.8 Å². The molecular weight excluding hydrogens is 308 g/mol. The Morgan fingerprint density at radius 1 is 1.17 bits per heavy atom. The first kappa shape index (κ1) is 15.4. The lowest BCUT2D eigenvalue weighted by Crippen LogP contribution is -2.19. The third kappa shape index (κ3) is 3.63. The van der Waals surface area contributed by atoms with E-state index >= 15 is 0 Å². The van der Waals surface area contributed by atoms with E-state index in [-0.39, 0.29) is 11.8 Å². The van der Waals surface area contributed by atoms with Gasteiger partial charge in [0.15, 0.2) is 0 Å². The van der Waals surface area contributed by atoms with Crippen LogP contribution in [0.2, 0.25) is 0 Å². The molecule has 0 atom stereocenters. The minimum Gasteiger partial charge on any atom is -0.322 e. The number of hydrogen-bond donors (Lipinski definition) is 2. The summed E-state index contributed by atoms with van der Waals surface area (Å²) in [6, 6.07) is 15.2. The Bertz CT molecular complexity index is 782. The zero-order chi connectivity index (χ0) is 16.2. The minimum absolute atomic E-state index is 0.259. The highest BCUT2D eigenvalue weighted by molar-refractivity contribution is 8.04. The average Bonchev–Trinajstić information content (AvgIpc) is 2.56. The number of carbonyl (C=O) groups excluding carboxylic acids is 2. The second-order valence-electron chi connectivity index (χ2n) is 5.10. The first-order valence-electron chi connectivity index (χ1n) is 7.35. The van der Waals surface area contributed by atoms with E-state index in [0.717, 1.165) is 17.0 Å². The van der Waals surface area contributed by atoms with Gasteiger partial charge in [-0.05, 0) is 36.2 Å². The molecule has 0 bridgehead atoms. The first-order valence-corrected chi connectivity index (χ1v) is 8.17. The van der Waals surface area contributed by atoms with Gasteiger partial charge >= 0.3 is 0 Å². The van der Waals surface area contributed by atoms with Crippen molar-refractivity contribution in [1.29, 1.82) is 0 Å². The van der Waals surface area contributed by atoms with Gasteiger partial charge in [0.25, 0.3) is 5.91 Å². The van der Waals surface area contributed by atoms with E-state index in [2.05, 4.69) is 17.6 Å².